The van der Waals surface area contributed by atoms with Crippen LogP contribution in [0.5, 0.6) is 5.75 Å². The fourth-order valence-corrected chi connectivity index (χ4v) is 4.13. The van der Waals surface area contributed by atoms with Crippen molar-refractivity contribution in [3.8, 4) is 5.75 Å². The molecule has 5 nitrogen and oxygen atoms in total. The van der Waals surface area contributed by atoms with Gasteiger partial charge in [0, 0.05) is 30.1 Å². The van der Waals surface area contributed by atoms with Crippen LogP contribution in [0.15, 0.2) is 18.2 Å². The van der Waals surface area contributed by atoms with Crippen LogP contribution in [-0.4, -0.2) is 36.9 Å². The summed E-state index contributed by atoms with van der Waals surface area (Å²) in [6.07, 6.45) is 2.70. The van der Waals surface area contributed by atoms with Crippen molar-refractivity contribution in [1.82, 2.24) is 4.90 Å². The van der Waals surface area contributed by atoms with E-state index < -0.39 is 0 Å². The van der Waals surface area contributed by atoms with Crippen LogP contribution in [0.1, 0.15) is 40.0 Å². The molecule has 1 saturated heterocycles. The van der Waals surface area contributed by atoms with Gasteiger partial charge in [-0.1, -0.05) is 32.4 Å². The molecule has 3 rings (SSSR count). The van der Waals surface area contributed by atoms with Crippen LogP contribution in [0.4, 0.5) is 5.69 Å². The molecule has 2 fully saturated rings. The highest BCUT2D eigenvalue weighted by Crippen LogP contribution is 2.59. The summed E-state index contributed by atoms with van der Waals surface area (Å²) in [5.41, 5.74) is 0.399. The lowest BCUT2D eigenvalue weighted by molar-refractivity contribution is -0.141. The summed E-state index contributed by atoms with van der Waals surface area (Å²) >= 11 is 6.12. The Kier molecular flexibility index (Phi) is 4.95. The number of rotatable bonds is 3. The largest absolute Gasteiger partial charge is 0.495 e. The predicted molar refractivity (Wildman–Crippen MR) is 102 cm³/mol. The Morgan fingerprint density at radius 2 is 1.92 bits per heavy atom. The van der Waals surface area contributed by atoms with Gasteiger partial charge >= 0.3 is 0 Å². The van der Waals surface area contributed by atoms with Gasteiger partial charge in [-0.25, -0.2) is 0 Å². The number of carbonyl (C=O) groups excluding carboxylic acids is 2. The summed E-state index contributed by atoms with van der Waals surface area (Å²) in [7, 11) is 1.56. The molecule has 1 aromatic rings. The van der Waals surface area contributed by atoms with E-state index in [-0.39, 0.29) is 28.6 Å². The minimum Gasteiger partial charge on any atom is -0.495 e. The van der Waals surface area contributed by atoms with E-state index >= 15 is 0 Å². The molecule has 1 saturated carbocycles. The molecule has 1 spiro atoms. The third-order valence-electron chi connectivity index (χ3n) is 5.61. The van der Waals surface area contributed by atoms with Crippen molar-refractivity contribution in [1.29, 1.82) is 0 Å². The van der Waals surface area contributed by atoms with E-state index in [9.17, 15) is 9.59 Å². The van der Waals surface area contributed by atoms with Crippen molar-refractivity contribution in [3.05, 3.63) is 23.2 Å². The maximum atomic E-state index is 12.6. The smallest absolute Gasteiger partial charge is 0.228 e. The zero-order valence-corrected chi connectivity index (χ0v) is 16.7. The Labute approximate surface area is 160 Å². The van der Waals surface area contributed by atoms with Crippen molar-refractivity contribution in [2.75, 3.05) is 25.5 Å². The number of halogens is 1. The predicted octanol–water partition coefficient (Wildman–Crippen LogP) is 3.96. The third-order valence-corrected chi connectivity index (χ3v) is 5.91. The van der Waals surface area contributed by atoms with E-state index in [1.165, 1.54) is 0 Å². The SMILES string of the molecule is COc1ccc(NC(=O)C2CC23CCN(C(=O)C(C)(C)C)CC3)cc1Cl. The average molecular weight is 379 g/mol. The number of methoxy groups -OCH3 is 1. The second kappa shape index (κ2) is 6.76. The van der Waals surface area contributed by atoms with Crippen molar-refractivity contribution in [3.63, 3.8) is 0 Å². The number of nitrogens with zero attached hydrogens (tertiary/aromatic N) is 1. The Morgan fingerprint density at radius 1 is 1.27 bits per heavy atom. The first-order valence-electron chi connectivity index (χ1n) is 9.10. The lowest BCUT2D eigenvalue weighted by atomic mass is 9.88. The highest BCUT2D eigenvalue weighted by molar-refractivity contribution is 6.32. The Hall–Kier alpha value is -1.75. The Morgan fingerprint density at radius 3 is 2.46 bits per heavy atom. The minimum atomic E-state index is -0.349. The number of ether oxygens (including phenoxy) is 1. The molecule has 0 bridgehead atoms. The van der Waals surface area contributed by atoms with Crippen LogP contribution < -0.4 is 10.1 Å². The fraction of sp³-hybridized carbons (Fsp3) is 0.600. The molecule has 2 amide bonds. The van der Waals surface area contributed by atoms with Gasteiger partial charge in [0.05, 0.1) is 12.1 Å². The number of hydrogen-bond donors (Lipinski definition) is 1. The molecule has 0 aromatic heterocycles. The number of nitrogens with one attached hydrogen (secondary N) is 1. The first kappa shape index (κ1) is 19.0. The van der Waals surface area contributed by atoms with Crippen LogP contribution in [0.25, 0.3) is 0 Å². The van der Waals surface area contributed by atoms with Crippen LogP contribution >= 0.6 is 11.6 Å². The summed E-state index contributed by atoms with van der Waals surface area (Å²) < 4.78 is 5.13. The van der Waals surface area contributed by atoms with E-state index in [1.54, 1.807) is 25.3 Å². The first-order chi connectivity index (χ1) is 12.2. The van der Waals surface area contributed by atoms with E-state index in [0.29, 0.717) is 16.5 Å². The zero-order chi connectivity index (χ0) is 19.1. The van der Waals surface area contributed by atoms with Gasteiger partial charge in [0.25, 0.3) is 0 Å². The highest BCUT2D eigenvalue weighted by Gasteiger charge is 2.58. The number of hydrogen-bond acceptors (Lipinski definition) is 3. The molecule has 1 N–H and O–H groups in total. The monoisotopic (exact) mass is 378 g/mol. The third kappa shape index (κ3) is 3.68. The summed E-state index contributed by atoms with van der Waals surface area (Å²) in [5.74, 6) is 0.849. The van der Waals surface area contributed by atoms with Crippen LogP contribution in [0.2, 0.25) is 5.02 Å². The number of likely N-dealkylation sites (tertiary alicyclic amines) is 1. The molecule has 1 atom stereocenters. The molecule has 26 heavy (non-hydrogen) atoms. The molecule has 1 aliphatic heterocycles. The molecule has 1 heterocycles. The average Bonchev–Trinajstić information content (AvgIpc) is 3.28. The van der Waals surface area contributed by atoms with Gasteiger partial charge in [0.2, 0.25) is 11.8 Å². The van der Waals surface area contributed by atoms with Crippen molar-refractivity contribution < 1.29 is 14.3 Å². The topological polar surface area (TPSA) is 58.6 Å². The van der Waals surface area contributed by atoms with E-state index in [4.69, 9.17) is 16.3 Å². The molecule has 2 aliphatic rings. The van der Waals surface area contributed by atoms with Crippen LogP contribution in [0, 0.1) is 16.7 Å². The number of piperidine rings is 1. The number of anilines is 1. The van der Waals surface area contributed by atoms with E-state index in [1.807, 2.05) is 25.7 Å². The minimum absolute atomic E-state index is 0.0234. The first-order valence-corrected chi connectivity index (χ1v) is 9.48. The number of carbonyl (C=O) groups is 2. The normalized spacial score (nSPS) is 21.4. The van der Waals surface area contributed by atoms with Crippen LogP contribution in [-0.2, 0) is 9.59 Å². The van der Waals surface area contributed by atoms with Gasteiger partial charge < -0.3 is 15.0 Å². The second-order valence-electron chi connectivity index (χ2n) is 8.50. The maximum Gasteiger partial charge on any atom is 0.228 e. The maximum absolute atomic E-state index is 12.6. The van der Waals surface area contributed by atoms with Crippen molar-refractivity contribution in [2.24, 2.45) is 16.7 Å². The standard InChI is InChI=1S/C20H27ClN2O3/c1-19(2,3)18(25)23-9-7-20(8-10-23)12-14(20)17(24)22-13-5-6-16(26-4)15(21)11-13/h5-6,11,14H,7-10,12H2,1-4H3,(H,22,24). The number of amides is 2. The van der Waals surface area contributed by atoms with E-state index in [2.05, 4.69) is 5.32 Å². The summed E-state index contributed by atoms with van der Waals surface area (Å²) in [4.78, 5) is 27.0. The number of benzene rings is 1. The van der Waals surface area contributed by atoms with Crippen LogP contribution in [0.3, 0.4) is 0 Å². The molecule has 6 heteroatoms. The Balaban J connectivity index is 1.56. The van der Waals surface area contributed by atoms with Gasteiger partial charge in [0.1, 0.15) is 5.75 Å². The van der Waals surface area contributed by atoms with Gasteiger partial charge in [-0.05, 0) is 42.9 Å². The van der Waals surface area contributed by atoms with Gasteiger partial charge in [-0.15, -0.1) is 0 Å². The molecular weight excluding hydrogens is 352 g/mol. The molecular formula is C20H27ClN2O3. The van der Waals surface area contributed by atoms with E-state index in [0.717, 1.165) is 32.4 Å². The molecule has 1 aromatic carbocycles. The summed E-state index contributed by atoms with van der Waals surface area (Å²) in [6, 6.07) is 5.25. The Bertz CT molecular complexity index is 718. The lowest BCUT2D eigenvalue weighted by Gasteiger charge is -2.36. The quantitative estimate of drug-likeness (QED) is 0.865. The van der Waals surface area contributed by atoms with Crippen molar-refractivity contribution in [2.45, 2.75) is 40.0 Å². The molecule has 1 unspecified atom stereocenters. The van der Waals surface area contributed by atoms with Gasteiger partial charge in [-0.3, -0.25) is 9.59 Å². The molecule has 142 valence electrons. The molecule has 1 aliphatic carbocycles. The summed E-state index contributed by atoms with van der Waals surface area (Å²) in [5, 5.41) is 3.44. The van der Waals surface area contributed by atoms with Gasteiger partial charge in [0.15, 0.2) is 0 Å². The lowest BCUT2D eigenvalue weighted by Crippen LogP contribution is -2.45. The van der Waals surface area contributed by atoms with Crippen molar-refractivity contribution >= 4 is 29.1 Å². The highest BCUT2D eigenvalue weighted by atomic mass is 35.5. The van der Waals surface area contributed by atoms with Gasteiger partial charge in [-0.2, -0.15) is 0 Å². The zero-order valence-electron chi connectivity index (χ0n) is 15.9. The second-order valence-corrected chi connectivity index (χ2v) is 8.91. The molecule has 0 radical (unpaired) electrons. The fourth-order valence-electron chi connectivity index (χ4n) is 3.87. The summed E-state index contributed by atoms with van der Waals surface area (Å²) in [6.45, 7) is 7.34.